The Bertz CT molecular complexity index is 678. The second kappa shape index (κ2) is 5.19. The van der Waals surface area contributed by atoms with Crippen LogP contribution in [0.1, 0.15) is 10.4 Å². The lowest BCUT2D eigenvalue weighted by Gasteiger charge is -2.05. The molecule has 19 heavy (non-hydrogen) atoms. The SMILES string of the molecule is O=C(OS(=O)(=O)c1ccc(F)cc1)c1ccccc1. The summed E-state index contributed by atoms with van der Waals surface area (Å²) >= 11 is 0. The van der Waals surface area contributed by atoms with Gasteiger partial charge in [0.1, 0.15) is 10.7 Å². The third-order valence-electron chi connectivity index (χ3n) is 2.30. The van der Waals surface area contributed by atoms with Crippen LogP contribution in [0.4, 0.5) is 4.39 Å². The quantitative estimate of drug-likeness (QED) is 0.810. The van der Waals surface area contributed by atoms with Crippen molar-refractivity contribution in [1.82, 2.24) is 0 Å². The highest BCUT2D eigenvalue weighted by atomic mass is 32.2. The molecule has 0 atom stereocenters. The average molecular weight is 280 g/mol. The first kappa shape index (κ1) is 13.2. The van der Waals surface area contributed by atoms with Crippen LogP contribution in [0.15, 0.2) is 59.5 Å². The summed E-state index contributed by atoms with van der Waals surface area (Å²) in [6.45, 7) is 0. The van der Waals surface area contributed by atoms with Crippen LogP contribution in [0.5, 0.6) is 0 Å². The van der Waals surface area contributed by atoms with Gasteiger partial charge in [-0.1, -0.05) is 18.2 Å². The third-order valence-corrected chi connectivity index (χ3v) is 3.52. The van der Waals surface area contributed by atoms with Crippen molar-refractivity contribution in [3.05, 3.63) is 66.0 Å². The molecular formula is C13H9FO4S. The topological polar surface area (TPSA) is 60.4 Å². The molecule has 0 heterocycles. The van der Waals surface area contributed by atoms with Crippen LogP contribution in [0.25, 0.3) is 0 Å². The molecule has 2 aromatic rings. The highest BCUT2D eigenvalue weighted by Crippen LogP contribution is 2.15. The maximum Gasteiger partial charge on any atom is 0.354 e. The van der Waals surface area contributed by atoms with E-state index in [1.54, 1.807) is 18.2 Å². The molecule has 4 nitrogen and oxygen atoms in total. The van der Waals surface area contributed by atoms with Gasteiger partial charge < -0.3 is 4.18 Å². The lowest BCUT2D eigenvalue weighted by Crippen LogP contribution is -2.13. The number of rotatable bonds is 3. The highest BCUT2D eigenvalue weighted by Gasteiger charge is 2.21. The molecule has 0 saturated heterocycles. The second-order valence-electron chi connectivity index (χ2n) is 3.64. The highest BCUT2D eigenvalue weighted by molar-refractivity contribution is 7.87. The maximum atomic E-state index is 12.7. The minimum atomic E-state index is -4.24. The molecule has 0 aromatic heterocycles. The maximum absolute atomic E-state index is 12.7. The van der Waals surface area contributed by atoms with Gasteiger partial charge in [0, 0.05) is 0 Å². The van der Waals surface area contributed by atoms with E-state index in [9.17, 15) is 17.6 Å². The summed E-state index contributed by atoms with van der Waals surface area (Å²) in [7, 11) is -4.24. The minimum Gasteiger partial charge on any atom is -0.338 e. The predicted octanol–water partition coefficient (Wildman–Crippen LogP) is 2.37. The molecule has 0 fully saturated rings. The van der Waals surface area contributed by atoms with E-state index in [0.29, 0.717) is 0 Å². The van der Waals surface area contributed by atoms with Crippen molar-refractivity contribution in [1.29, 1.82) is 0 Å². The molecule has 0 aliphatic carbocycles. The van der Waals surface area contributed by atoms with Gasteiger partial charge in [-0.3, -0.25) is 0 Å². The Morgan fingerprint density at radius 1 is 0.947 bits per heavy atom. The van der Waals surface area contributed by atoms with Gasteiger partial charge in [-0.25, -0.2) is 9.18 Å². The van der Waals surface area contributed by atoms with E-state index in [1.807, 2.05) is 0 Å². The van der Waals surface area contributed by atoms with Crippen molar-refractivity contribution in [2.24, 2.45) is 0 Å². The summed E-state index contributed by atoms with van der Waals surface area (Å²) in [4.78, 5) is 11.3. The zero-order chi connectivity index (χ0) is 13.9. The van der Waals surface area contributed by atoms with E-state index in [1.165, 1.54) is 12.1 Å². The van der Waals surface area contributed by atoms with Gasteiger partial charge in [0.2, 0.25) is 0 Å². The minimum absolute atomic E-state index is 0.119. The number of benzene rings is 2. The summed E-state index contributed by atoms with van der Waals surface area (Å²) in [6, 6.07) is 11.7. The fourth-order valence-corrected chi connectivity index (χ4v) is 2.23. The van der Waals surface area contributed by atoms with Gasteiger partial charge in [0.25, 0.3) is 0 Å². The molecule has 0 aliphatic heterocycles. The zero-order valence-corrected chi connectivity index (χ0v) is 10.4. The van der Waals surface area contributed by atoms with Crippen LogP contribution in [0, 0.1) is 5.82 Å². The van der Waals surface area contributed by atoms with Crippen molar-refractivity contribution in [3.63, 3.8) is 0 Å². The largest absolute Gasteiger partial charge is 0.354 e. The fourth-order valence-electron chi connectivity index (χ4n) is 1.37. The van der Waals surface area contributed by atoms with E-state index < -0.39 is 21.9 Å². The van der Waals surface area contributed by atoms with Crippen LogP contribution in [-0.2, 0) is 14.3 Å². The fraction of sp³-hybridized carbons (Fsp3) is 0. The van der Waals surface area contributed by atoms with Gasteiger partial charge in [0.15, 0.2) is 0 Å². The Morgan fingerprint density at radius 3 is 2.11 bits per heavy atom. The van der Waals surface area contributed by atoms with Crippen LogP contribution in [-0.4, -0.2) is 14.4 Å². The smallest absolute Gasteiger partial charge is 0.338 e. The Hall–Kier alpha value is -2.21. The lowest BCUT2D eigenvalue weighted by molar-refractivity contribution is 0.0746. The molecular weight excluding hydrogens is 271 g/mol. The van der Waals surface area contributed by atoms with E-state index in [0.717, 1.165) is 24.3 Å². The molecule has 2 rings (SSSR count). The van der Waals surface area contributed by atoms with Gasteiger partial charge in [-0.15, -0.1) is 0 Å². The molecule has 0 spiro atoms. The zero-order valence-electron chi connectivity index (χ0n) is 9.62. The Morgan fingerprint density at radius 2 is 1.53 bits per heavy atom. The molecule has 0 radical (unpaired) electrons. The number of hydrogen-bond donors (Lipinski definition) is 0. The molecule has 0 bridgehead atoms. The molecule has 0 N–H and O–H groups in total. The molecule has 0 saturated carbocycles. The molecule has 0 amide bonds. The number of carbonyl (C=O) groups is 1. The van der Waals surface area contributed by atoms with E-state index >= 15 is 0 Å². The summed E-state index contributed by atoms with van der Waals surface area (Å²) < 4.78 is 40.7. The summed E-state index contributed by atoms with van der Waals surface area (Å²) in [5, 5.41) is 0. The number of halogens is 1. The summed E-state index contributed by atoms with van der Waals surface area (Å²) in [5.74, 6) is -1.56. The molecule has 6 heteroatoms. The lowest BCUT2D eigenvalue weighted by atomic mass is 10.2. The first-order valence-corrected chi connectivity index (χ1v) is 6.69. The van der Waals surface area contributed by atoms with Gasteiger partial charge in [-0.05, 0) is 36.4 Å². The van der Waals surface area contributed by atoms with Crippen molar-refractivity contribution in [2.75, 3.05) is 0 Å². The Labute approximate surface area is 109 Å². The second-order valence-corrected chi connectivity index (χ2v) is 5.19. The average Bonchev–Trinajstić information content (AvgIpc) is 2.40. The molecule has 98 valence electrons. The number of hydrogen-bond acceptors (Lipinski definition) is 4. The van der Waals surface area contributed by atoms with Crippen molar-refractivity contribution >= 4 is 16.1 Å². The van der Waals surface area contributed by atoms with E-state index in [2.05, 4.69) is 4.18 Å². The van der Waals surface area contributed by atoms with Gasteiger partial charge in [-0.2, -0.15) is 8.42 Å². The monoisotopic (exact) mass is 280 g/mol. The van der Waals surface area contributed by atoms with Crippen LogP contribution >= 0.6 is 0 Å². The summed E-state index contributed by atoms with van der Waals surface area (Å²) in [6.07, 6.45) is 0. The van der Waals surface area contributed by atoms with Crippen LogP contribution < -0.4 is 0 Å². The first-order chi connectivity index (χ1) is 8.99. The molecule has 0 aliphatic rings. The summed E-state index contributed by atoms with van der Waals surface area (Å²) in [5.41, 5.74) is 0.119. The first-order valence-electron chi connectivity index (χ1n) is 5.28. The van der Waals surface area contributed by atoms with Crippen molar-refractivity contribution in [3.8, 4) is 0 Å². The molecule has 2 aromatic carbocycles. The van der Waals surface area contributed by atoms with Gasteiger partial charge >= 0.3 is 16.1 Å². The normalized spacial score (nSPS) is 11.0. The van der Waals surface area contributed by atoms with Gasteiger partial charge in [0.05, 0.1) is 5.56 Å². The van der Waals surface area contributed by atoms with Crippen LogP contribution in [0.3, 0.4) is 0 Å². The van der Waals surface area contributed by atoms with Crippen LogP contribution in [0.2, 0.25) is 0 Å². The standard InChI is InChI=1S/C13H9FO4S/c14-11-6-8-12(9-7-11)19(16,17)18-13(15)10-4-2-1-3-5-10/h1-9H. The van der Waals surface area contributed by atoms with Crippen molar-refractivity contribution in [2.45, 2.75) is 4.90 Å². The molecule has 0 unspecified atom stereocenters. The third kappa shape index (κ3) is 3.17. The van der Waals surface area contributed by atoms with E-state index in [-0.39, 0.29) is 10.5 Å². The predicted molar refractivity (Wildman–Crippen MR) is 65.4 cm³/mol. The number of carbonyl (C=O) groups excluding carboxylic acids is 1. The Kier molecular flexibility index (Phi) is 3.62. The Balaban J connectivity index is 2.23. The van der Waals surface area contributed by atoms with E-state index in [4.69, 9.17) is 0 Å². The van der Waals surface area contributed by atoms with Crippen molar-refractivity contribution < 1.29 is 21.8 Å².